The van der Waals surface area contributed by atoms with Gasteiger partial charge in [-0.05, 0) is 17.7 Å². The Balaban J connectivity index is 1.32. The molecule has 38 heavy (non-hydrogen) atoms. The van der Waals surface area contributed by atoms with Crippen molar-refractivity contribution in [3.05, 3.63) is 52.9 Å². The second kappa shape index (κ2) is 11.0. The van der Waals surface area contributed by atoms with Crippen molar-refractivity contribution < 1.29 is 29.4 Å². The molecule has 2 amide bonds. The van der Waals surface area contributed by atoms with Crippen LogP contribution in [0, 0.1) is 0 Å². The minimum Gasteiger partial charge on any atom is -0.477 e. The maximum atomic E-state index is 13.1. The van der Waals surface area contributed by atoms with Crippen LogP contribution in [-0.2, 0) is 19.2 Å². The van der Waals surface area contributed by atoms with Crippen molar-refractivity contribution in [3.8, 4) is 0 Å². The SMILES string of the molecule is Nc1nc(/C(=N/OCCO)C(=O)N[C@@H]2C(=O)N3C(C(=O)O)=C(CSc4cccc5nccn45)CS[C@@H]23)cs1. The summed E-state index contributed by atoms with van der Waals surface area (Å²) in [6.45, 7) is -0.456. The highest BCUT2D eigenvalue weighted by atomic mass is 32.2. The summed E-state index contributed by atoms with van der Waals surface area (Å²) in [6, 6.07) is 4.70. The number of hydrogen-bond acceptors (Lipinski definition) is 12. The zero-order chi connectivity index (χ0) is 26.8. The number of thiazole rings is 1. The van der Waals surface area contributed by atoms with E-state index in [9.17, 15) is 19.5 Å². The van der Waals surface area contributed by atoms with Crippen molar-refractivity contribution in [3.63, 3.8) is 0 Å². The third kappa shape index (κ3) is 4.94. The van der Waals surface area contributed by atoms with Gasteiger partial charge in [0.1, 0.15) is 35.1 Å². The number of nitrogens with two attached hydrogens (primary N) is 1. The van der Waals surface area contributed by atoms with Gasteiger partial charge in [0.2, 0.25) is 0 Å². The summed E-state index contributed by atoms with van der Waals surface area (Å²) in [5.41, 5.74) is 6.93. The molecule has 5 heterocycles. The zero-order valence-corrected chi connectivity index (χ0v) is 22.0. The van der Waals surface area contributed by atoms with E-state index in [1.54, 1.807) is 6.20 Å². The number of pyridine rings is 1. The van der Waals surface area contributed by atoms with Gasteiger partial charge in [-0.25, -0.2) is 14.8 Å². The first-order valence-corrected chi connectivity index (χ1v) is 14.1. The van der Waals surface area contributed by atoms with Gasteiger partial charge < -0.3 is 26.1 Å². The number of anilines is 1. The van der Waals surface area contributed by atoms with Crippen LogP contribution in [0.3, 0.4) is 0 Å². The molecule has 0 radical (unpaired) electrons. The second-order valence-electron chi connectivity index (χ2n) is 7.99. The summed E-state index contributed by atoms with van der Waals surface area (Å²) in [5, 5.41) is 27.3. The summed E-state index contributed by atoms with van der Waals surface area (Å²) >= 11 is 3.92. The molecule has 0 aliphatic carbocycles. The van der Waals surface area contributed by atoms with Gasteiger partial charge in [0.25, 0.3) is 11.8 Å². The van der Waals surface area contributed by atoms with Gasteiger partial charge in [-0.15, -0.1) is 34.9 Å². The number of aliphatic carboxylic acids is 1. The standard InChI is InChI=1S/C22H21N7O6S3/c23-22-25-12(10-38-22)15(27-35-7-6-30)18(31)26-16-19(32)29-17(21(33)34)11(9-37-20(16)29)8-36-14-3-1-2-13-24-4-5-28(13)14/h1-5,10,16,20,30H,6-9H2,(H2,23,25)(H,26,31)(H,33,34)/b27-15-/t16-,20+/m1/s1. The Kier molecular flexibility index (Phi) is 7.55. The Morgan fingerprint density at radius 3 is 2.95 bits per heavy atom. The average molecular weight is 576 g/mol. The minimum atomic E-state index is -1.21. The molecule has 0 spiro atoms. The number of carboxylic acids is 1. The molecule has 2 aliphatic heterocycles. The predicted molar refractivity (Wildman–Crippen MR) is 142 cm³/mol. The molecule has 0 saturated carbocycles. The number of nitrogens with zero attached hydrogens (tertiary/aromatic N) is 5. The van der Waals surface area contributed by atoms with E-state index in [0.29, 0.717) is 17.1 Å². The minimum absolute atomic E-state index is 0.0676. The first-order valence-electron chi connectivity index (χ1n) is 11.2. The maximum absolute atomic E-state index is 13.1. The van der Waals surface area contributed by atoms with Gasteiger partial charge in [0, 0.05) is 29.3 Å². The molecule has 2 atom stereocenters. The van der Waals surface area contributed by atoms with E-state index in [-0.39, 0.29) is 35.4 Å². The number of nitrogens with one attached hydrogen (secondary N) is 1. The first kappa shape index (κ1) is 26.0. The highest BCUT2D eigenvalue weighted by molar-refractivity contribution is 8.01. The molecular weight excluding hydrogens is 554 g/mol. The zero-order valence-electron chi connectivity index (χ0n) is 19.5. The molecular formula is C22H21N7O6S3. The van der Waals surface area contributed by atoms with E-state index in [0.717, 1.165) is 22.0 Å². The largest absolute Gasteiger partial charge is 0.477 e. The Morgan fingerprint density at radius 1 is 1.37 bits per heavy atom. The molecule has 0 bridgehead atoms. The van der Waals surface area contributed by atoms with E-state index in [2.05, 4.69) is 20.4 Å². The molecule has 16 heteroatoms. The number of aliphatic hydroxyl groups excluding tert-OH is 1. The number of thioether (sulfide) groups is 2. The van der Waals surface area contributed by atoms with Crippen LogP contribution in [0.1, 0.15) is 5.69 Å². The van der Waals surface area contributed by atoms with Crippen molar-refractivity contribution in [1.29, 1.82) is 0 Å². The van der Waals surface area contributed by atoms with E-state index >= 15 is 0 Å². The van der Waals surface area contributed by atoms with E-state index < -0.39 is 29.2 Å². The first-order chi connectivity index (χ1) is 18.4. The third-order valence-electron chi connectivity index (χ3n) is 5.64. The molecule has 5 N–H and O–H groups in total. The van der Waals surface area contributed by atoms with E-state index in [4.69, 9.17) is 15.7 Å². The van der Waals surface area contributed by atoms with E-state index in [1.165, 1.54) is 33.8 Å². The highest BCUT2D eigenvalue weighted by Gasteiger charge is 2.54. The molecule has 0 aromatic carbocycles. The smallest absolute Gasteiger partial charge is 0.352 e. The molecule has 3 aromatic rings. The summed E-state index contributed by atoms with van der Waals surface area (Å²) in [7, 11) is 0. The fraction of sp³-hybridized carbons (Fsp3) is 0.273. The Labute approximate surface area is 227 Å². The van der Waals surface area contributed by atoms with Gasteiger partial charge in [-0.2, -0.15) is 0 Å². The number of hydrogen-bond donors (Lipinski definition) is 4. The lowest BCUT2D eigenvalue weighted by molar-refractivity contribution is -0.150. The van der Waals surface area contributed by atoms with Crippen LogP contribution in [0.25, 0.3) is 5.65 Å². The summed E-state index contributed by atoms with van der Waals surface area (Å²) in [5.74, 6) is -1.74. The lowest BCUT2D eigenvalue weighted by Gasteiger charge is -2.49. The molecule has 5 rings (SSSR count). The maximum Gasteiger partial charge on any atom is 0.352 e. The van der Waals surface area contributed by atoms with Crippen LogP contribution in [0.4, 0.5) is 5.13 Å². The van der Waals surface area contributed by atoms with Crippen LogP contribution < -0.4 is 11.1 Å². The number of nitrogen functional groups attached to an aromatic ring is 1. The van der Waals surface area contributed by atoms with Crippen molar-refractivity contribution in [2.24, 2.45) is 5.16 Å². The Bertz CT molecular complexity index is 1470. The monoisotopic (exact) mass is 575 g/mol. The van der Waals surface area contributed by atoms with Crippen LogP contribution in [0.5, 0.6) is 0 Å². The average Bonchev–Trinajstić information content (AvgIpc) is 3.57. The molecule has 0 unspecified atom stereocenters. The van der Waals surface area contributed by atoms with Crippen molar-refractivity contribution in [1.82, 2.24) is 24.6 Å². The number of carboxylic acid groups (broad SMARTS) is 1. The Hall–Kier alpha value is -3.60. The number of fused-ring (bicyclic) bond motifs is 2. The number of carbonyl (C=O) groups is 3. The molecule has 3 aromatic heterocycles. The van der Waals surface area contributed by atoms with Crippen LogP contribution in [-0.4, -0.2) is 89.1 Å². The second-order valence-corrected chi connectivity index (χ2v) is 11.0. The van der Waals surface area contributed by atoms with Crippen LogP contribution in [0.15, 0.2) is 57.4 Å². The molecule has 1 fully saturated rings. The van der Waals surface area contributed by atoms with Crippen molar-refractivity contribution >= 4 is 69.1 Å². The Morgan fingerprint density at radius 2 is 2.21 bits per heavy atom. The number of imidazole rings is 1. The third-order valence-corrected chi connectivity index (χ3v) is 8.77. The number of oxime groups is 1. The quantitative estimate of drug-likeness (QED) is 0.0873. The number of aromatic nitrogens is 3. The van der Waals surface area contributed by atoms with Gasteiger partial charge in [0.05, 0.1) is 11.6 Å². The summed E-state index contributed by atoms with van der Waals surface area (Å²) < 4.78 is 1.91. The van der Waals surface area contributed by atoms with Gasteiger partial charge in [-0.1, -0.05) is 11.2 Å². The van der Waals surface area contributed by atoms with E-state index in [1.807, 2.05) is 28.8 Å². The fourth-order valence-corrected chi connectivity index (χ4v) is 7.01. The number of rotatable bonds is 10. The number of carbonyl (C=O) groups excluding carboxylic acids is 2. The molecule has 13 nitrogen and oxygen atoms in total. The topological polar surface area (TPSA) is 185 Å². The van der Waals surface area contributed by atoms with Crippen molar-refractivity contribution in [2.75, 3.05) is 30.5 Å². The fourth-order valence-electron chi connectivity index (χ4n) is 3.96. The molecule has 198 valence electrons. The van der Waals surface area contributed by atoms with Crippen molar-refractivity contribution in [2.45, 2.75) is 16.4 Å². The van der Waals surface area contributed by atoms with Gasteiger partial charge in [0.15, 0.2) is 10.8 Å². The predicted octanol–water partition coefficient (Wildman–Crippen LogP) is 0.617. The lowest BCUT2D eigenvalue weighted by atomic mass is 10.0. The molecule has 1 saturated heterocycles. The lowest BCUT2D eigenvalue weighted by Crippen LogP contribution is -2.71. The van der Waals surface area contributed by atoms with Gasteiger partial charge >= 0.3 is 5.97 Å². The number of amides is 2. The molecule has 2 aliphatic rings. The highest BCUT2D eigenvalue weighted by Crippen LogP contribution is 2.41. The number of aliphatic hydroxyl groups is 1. The summed E-state index contributed by atoms with van der Waals surface area (Å²) in [6.07, 6.45) is 3.52. The van der Waals surface area contributed by atoms with Crippen LogP contribution in [0.2, 0.25) is 0 Å². The normalized spacial score (nSPS) is 19.3. The summed E-state index contributed by atoms with van der Waals surface area (Å²) in [4.78, 5) is 52.8. The van der Waals surface area contributed by atoms with Gasteiger partial charge in [-0.3, -0.25) is 18.9 Å². The number of β-lactam (4-membered cyclic amide) rings is 1. The van der Waals surface area contributed by atoms with Crippen LogP contribution >= 0.6 is 34.9 Å².